The van der Waals surface area contributed by atoms with Crippen LogP contribution in [0, 0.1) is 0 Å². The maximum Gasteiger partial charge on any atom is 0.294 e. The monoisotopic (exact) mass is 428 g/mol. The zero-order valence-electron chi connectivity index (χ0n) is 17.0. The molecule has 0 atom stereocenters. The summed E-state index contributed by atoms with van der Waals surface area (Å²) in [5.41, 5.74) is 1.03. The average Bonchev–Trinajstić information content (AvgIpc) is 2.84. The van der Waals surface area contributed by atoms with E-state index in [-0.39, 0.29) is 18.1 Å². The Morgan fingerprint density at radius 3 is 2.56 bits per heavy atom. The van der Waals surface area contributed by atoms with Gasteiger partial charge in [-0.25, -0.2) is 4.98 Å². The molecule has 0 saturated heterocycles. The summed E-state index contributed by atoms with van der Waals surface area (Å²) in [6.07, 6.45) is 1.54. The van der Waals surface area contributed by atoms with Crippen LogP contribution in [0.1, 0.15) is 21.6 Å². The number of amides is 1. The number of H-pyrrole nitrogens is 1. The zero-order valence-corrected chi connectivity index (χ0v) is 17.0. The number of carbonyl (C=O) groups excluding carboxylic acids is 1. The molecule has 8 nitrogen and oxygen atoms in total. The van der Waals surface area contributed by atoms with Gasteiger partial charge in [-0.15, -0.1) is 0 Å². The van der Waals surface area contributed by atoms with Gasteiger partial charge in [0.25, 0.3) is 11.5 Å². The summed E-state index contributed by atoms with van der Waals surface area (Å²) in [5, 5.41) is 12.7. The van der Waals surface area contributed by atoms with Crippen LogP contribution in [-0.2, 0) is 13.2 Å². The molecule has 2 aromatic heterocycles. The Balaban J connectivity index is 1.45. The van der Waals surface area contributed by atoms with E-state index in [0.29, 0.717) is 18.1 Å². The van der Waals surface area contributed by atoms with Crippen molar-refractivity contribution in [1.29, 1.82) is 0 Å². The van der Waals surface area contributed by atoms with Gasteiger partial charge in [-0.2, -0.15) is 0 Å². The first-order valence-electron chi connectivity index (χ1n) is 9.89. The number of rotatable bonds is 7. The van der Waals surface area contributed by atoms with E-state index >= 15 is 0 Å². The number of carbonyl (C=O) groups is 1. The lowest BCUT2D eigenvalue weighted by Crippen LogP contribution is -2.26. The summed E-state index contributed by atoms with van der Waals surface area (Å²) >= 11 is 0. The maximum absolute atomic E-state index is 12.6. The Kier molecular flexibility index (Phi) is 6.22. The first-order chi connectivity index (χ1) is 15.6. The van der Waals surface area contributed by atoms with Gasteiger partial charge in [0, 0.05) is 12.7 Å². The van der Waals surface area contributed by atoms with E-state index in [9.17, 15) is 14.7 Å². The van der Waals surface area contributed by atoms with Gasteiger partial charge in [0.1, 0.15) is 18.1 Å². The van der Waals surface area contributed by atoms with Crippen molar-refractivity contribution in [2.24, 2.45) is 0 Å². The van der Waals surface area contributed by atoms with Crippen LogP contribution in [0.15, 0.2) is 83.8 Å². The Morgan fingerprint density at radius 1 is 1.00 bits per heavy atom. The third-order valence-electron chi connectivity index (χ3n) is 4.62. The fraction of sp³-hybridized carbons (Fsp3) is 0.0833. The van der Waals surface area contributed by atoms with Crippen molar-refractivity contribution in [2.45, 2.75) is 13.2 Å². The predicted octanol–water partition coefficient (Wildman–Crippen LogP) is 3.05. The molecule has 4 rings (SSSR count). The third-order valence-corrected chi connectivity index (χ3v) is 4.62. The number of ether oxygens (including phenoxy) is 1. The number of hydrogen-bond acceptors (Lipinski definition) is 6. The number of aromatic hydroxyl groups is 1. The first kappa shape index (κ1) is 20.8. The van der Waals surface area contributed by atoms with Crippen LogP contribution in [0.25, 0.3) is 11.5 Å². The van der Waals surface area contributed by atoms with Gasteiger partial charge in [-0.3, -0.25) is 14.6 Å². The quantitative estimate of drug-likeness (QED) is 0.417. The highest BCUT2D eigenvalue weighted by molar-refractivity contribution is 5.95. The lowest BCUT2D eigenvalue weighted by Gasteiger charge is -2.10. The maximum atomic E-state index is 12.6. The van der Waals surface area contributed by atoms with Crippen molar-refractivity contribution < 1.29 is 14.6 Å². The van der Waals surface area contributed by atoms with Gasteiger partial charge in [0.2, 0.25) is 5.75 Å². The largest absolute Gasteiger partial charge is 0.501 e. The van der Waals surface area contributed by atoms with Crippen molar-refractivity contribution in [3.05, 3.63) is 106 Å². The highest BCUT2D eigenvalue weighted by atomic mass is 16.5. The minimum absolute atomic E-state index is 0.0925. The highest BCUT2D eigenvalue weighted by Crippen LogP contribution is 2.17. The molecular weight excluding hydrogens is 408 g/mol. The van der Waals surface area contributed by atoms with Crippen LogP contribution in [-0.4, -0.2) is 26.0 Å². The molecular formula is C24H20N4O4. The van der Waals surface area contributed by atoms with Gasteiger partial charge in [-0.1, -0.05) is 48.5 Å². The lowest BCUT2D eigenvalue weighted by molar-refractivity contribution is 0.0942. The van der Waals surface area contributed by atoms with E-state index in [1.165, 1.54) is 6.20 Å². The molecule has 0 unspecified atom stereocenters. The topological polar surface area (TPSA) is 117 Å². The molecule has 3 N–H and O–H groups in total. The van der Waals surface area contributed by atoms with Crippen LogP contribution in [0.3, 0.4) is 0 Å². The normalized spacial score (nSPS) is 10.5. The summed E-state index contributed by atoms with van der Waals surface area (Å²) in [6, 6.07) is 22.2. The second kappa shape index (κ2) is 9.57. The van der Waals surface area contributed by atoms with Crippen molar-refractivity contribution in [2.75, 3.05) is 0 Å². The van der Waals surface area contributed by atoms with Crippen LogP contribution < -0.4 is 15.6 Å². The summed E-state index contributed by atoms with van der Waals surface area (Å²) < 4.78 is 5.81. The Labute approximate surface area is 183 Å². The van der Waals surface area contributed by atoms with E-state index in [2.05, 4.69) is 20.3 Å². The SMILES string of the molecule is O=C(NCc1cccc(OCc2ccccc2)c1)c1nc(-c2ccccn2)[nH]c(=O)c1O. The zero-order chi connectivity index (χ0) is 22.3. The predicted molar refractivity (Wildman–Crippen MR) is 118 cm³/mol. The minimum atomic E-state index is -0.817. The van der Waals surface area contributed by atoms with Gasteiger partial charge >= 0.3 is 0 Å². The third kappa shape index (κ3) is 4.99. The van der Waals surface area contributed by atoms with Gasteiger partial charge in [0.15, 0.2) is 11.5 Å². The number of nitrogens with one attached hydrogen (secondary N) is 2. The molecule has 32 heavy (non-hydrogen) atoms. The average molecular weight is 428 g/mol. The van der Waals surface area contributed by atoms with Crippen LogP contribution >= 0.6 is 0 Å². The molecule has 8 heteroatoms. The number of aromatic amines is 1. The first-order valence-corrected chi connectivity index (χ1v) is 9.89. The molecule has 0 aliphatic rings. The summed E-state index contributed by atoms with van der Waals surface area (Å²) in [5.74, 6) is -0.673. The number of hydrogen-bond donors (Lipinski definition) is 3. The van der Waals surface area contributed by atoms with Crippen molar-refractivity contribution >= 4 is 5.91 Å². The van der Waals surface area contributed by atoms with Gasteiger partial charge in [0.05, 0.1) is 0 Å². The standard InChI is InChI=1S/C24H20N4O4/c29-21-20(27-22(28-24(21)31)19-11-4-5-12-25-19)23(30)26-14-17-9-6-10-18(13-17)32-15-16-7-2-1-3-8-16/h1-13,29H,14-15H2,(H,26,30)(H,27,28,31). The molecule has 0 aliphatic carbocycles. The van der Waals surface area contributed by atoms with Crippen molar-refractivity contribution in [3.63, 3.8) is 0 Å². The van der Waals surface area contributed by atoms with E-state index in [0.717, 1.165) is 11.1 Å². The van der Waals surface area contributed by atoms with E-state index < -0.39 is 17.2 Å². The van der Waals surface area contributed by atoms with Crippen LogP contribution in [0.4, 0.5) is 0 Å². The van der Waals surface area contributed by atoms with Crippen LogP contribution in [0.5, 0.6) is 11.5 Å². The number of benzene rings is 2. The van der Waals surface area contributed by atoms with Crippen LogP contribution in [0.2, 0.25) is 0 Å². The Hall–Kier alpha value is -4.46. The molecule has 0 spiro atoms. The summed E-state index contributed by atoms with van der Waals surface area (Å²) in [6.45, 7) is 0.589. The molecule has 0 bridgehead atoms. The fourth-order valence-corrected chi connectivity index (χ4v) is 3.00. The molecule has 160 valence electrons. The Bertz CT molecular complexity index is 1270. The summed E-state index contributed by atoms with van der Waals surface area (Å²) in [4.78, 5) is 35.3. The van der Waals surface area contributed by atoms with E-state index in [1.54, 1.807) is 18.2 Å². The number of pyridine rings is 1. The summed E-state index contributed by atoms with van der Waals surface area (Å²) in [7, 11) is 0. The molecule has 0 aliphatic heterocycles. The van der Waals surface area contributed by atoms with Gasteiger partial charge < -0.3 is 20.1 Å². The molecule has 2 aromatic carbocycles. The second-order valence-electron chi connectivity index (χ2n) is 6.93. The number of nitrogens with zero attached hydrogens (tertiary/aromatic N) is 2. The molecule has 0 saturated carbocycles. The van der Waals surface area contributed by atoms with Gasteiger partial charge in [-0.05, 0) is 35.4 Å². The molecule has 2 heterocycles. The number of aromatic nitrogens is 3. The molecule has 4 aromatic rings. The molecule has 0 fully saturated rings. The second-order valence-corrected chi connectivity index (χ2v) is 6.93. The van der Waals surface area contributed by atoms with E-state index in [1.807, 2.05) is 54.6 Å². The minimum Gasteiger partial charge on any atom is -0.501 e. The van der Waals surface area contributed by atoms with E-state index in [4.69, 9.17) is 4.74 Å². The smallest absolute Gasteiger partial charge is 0.294 e. The molecule has 0 radical (unpaired) electrons. The Morgan fingerprint density at radius 2 is 1.78 bits per heavy atom. The fourth-order valence-electron chi connectivity index (χ4n) is 3.00. The highest BCUT2D eigenvalue weighted by Gasteiger charge is 2.18. The van der Waals surface area contributed by atoms with Crippen molar-refractivity contribution in [1.82, 2.24) is 20.3 Å². The van der Waals surface area contributed by atoms with Crippen molar-refractivity contribution in [3.8, 4) is 23.0 Å². The lowest BCUT2D eigenvalue weighted by atomic mass is 10.2. The molecule has 1 amide bonds.